The third kappa shape index (κ3) is 2.36. The summed E-state index contributed by atoms with van der Waals surface area (Å²) in [4.78, 5) is 4.38. The van der Waals surface area contributed by atoms with E-state index in [4.69, 9.17) is 33.5 Å². The Morgan fingerprint density at radius 1 is 1.32 bits per heavy atom. The quantitative estimate of drug-likeness (QED) is 0.939. The summed E-state index contributed by atoms with van der Waals surface area (Å²) in [5.41, 5.74) is 6.45. The summed E-state index contributed by atoms with van der Waals surface area (Å²) in [6.07, 6.45) is 2.22. The molecule has 0 bridgehead atoms. The number of nitrogens with two attached hydrogens (primary N) is 1. The molecule has 1 unspecified atom stereocenters. The van der Waals surface area contributed by atoms with Crippen molar-refractivity contribution in [2.75, 3.05) is 0 Å². The fourth-order valence-electron chi connectivity index (χ4n) is 2.05. The zero-order valence-corrected chi connectivity index (χ0v) is 11.9. The molecular formula is C13H13Cl2N3O. The minimum atomic E-state index is -0.554. The van der Waals surface area contributed by atoms with E-state index >= 15 is 0 Å². The van der Waals surface area contributed by atoms with Crippen LogP contribution in [0.1, 0.15) is 25.7 Å². The molecule has 1 aliphatic carbocycles. The molecule has 0 radical (unpaired) electrons. The van der Waals surface area contributed by atoms with Crippen molar-refractivity contribution in [2.24, 2.45) is 11.7 Å². The summed E-state index contributed by atoms with van der Waals surface area (Å²) in [7, 11) is 0. The Kier molecular flexibility index (Phi) is 3.04. The van der Waals surface area contributed by atoms with E-state index in [0.717, 1.165) is 18.4 Å². The summed E-state index contributed by atoms with van der Waals surface area (Å²) in [5.74, 6) is 1.37. The number of benzene rings is 1. The smallest absolute Gasteiger partial charge is 0.247 e. The van der Waals surface area contributed by atoms with Gasteiger partial charge in [-0.3, -0.25) is 0 Å². The predicted molar refractivity (Wildman–Crippen MR) is 74.0 cm³/mol. The number of hydrogen-bond donors (Lipinski definition) is 1. The highest BCUT2D eigenvalue weighted by Crippen LogP contribution is 2.43. The van der Waals surface area contributed by atoms with Crippen molar-refractivity contribution in [2.45, 2.75) is 25.3 Å². The second-order valence-corrected chi connectivity index (χ2v) is 5.92. The highest BCUT2D eigenvalue weighted by Gasteiger charge is 2.43. The SMILES string of the molecule is CC(N)(c1nc(-c2ccc(Cl)c(Cl)c2)no1)C1CC1. The molecule has 0 saturated heterocycles. The van der Waals surface area contributed by atoms with Gasteiger partial charge in [-0.25, -0.2) is 0 Å². The lowest BCUT2D eigenvalue weighted by Crippen LogP contribution is -2.35. The van der Waals surface area contributed by atoms with Crippen LogP contribution < -0.4 is 5.73 Å². The molecule has 1 atom stereocenters. The predicted octanol–water partition coefficient (Wildman–Crippen LogP) is 3.63. The van der Waals surface area contributed by atoms with E-state index < -0.39 is 5.54 Å². The van der Waals surface area contributed by atoms with Crippen molar-refractivity contribution in [1.29, 1.82) is 0 Å². The summed E-state index contributed by atoms with van der Waals surface area (Å²) in [6.45, 7) is 1.93. The molecule has 2 N–H and O–H groups in total. The van der Waals surface area contributed by atoms with E-state index in [1.165, 1.54) is 0 Å². The monoisotopic (exact) mass is 297 g/mol. The van der Waals surface area contributed by atoms with Gasteiger partial charge in [-0.1, -0.05) is 28.4 Å². The molecule has 1 aliphatic rings. The minimum absolute atomic E-state index is 0.426. The molecule has 100 valence electrons. The standard InChI is InChI=1S/C13H13Cl2N3O/c1-13(16,8-3-4-8)12-17-11(18-19-12)7-2-5-9(14)10(15)6-7/h2,5-6,8H,3-4,16H2,1H3. The molecule has 0 aliphatic heterocycles. The molecule has 2 aromatic rings. The number of rotatable bonds is 3. The van der Waals surface area contributed by atoms with Crippen LogP contribution >= 0.6 is 23.2 Å². The van der Waals surface area contributed by atoms with Gasteiger partial charge < -0.3 is 10.3 Å². The molecule has 3 rings (SSSR count). The van der Waals surface area contributed by atoms with Gasteiger partial charge in [-0.15, -0.1) is 0 Å². The van der Waals surface area contributed by atoms with E-state index in [9.17, 15) is 0 Å². The van der Waals surface area contributed by atoms with Crippen molar-refractivity contribution in [1.82, 2.24) is 10.1 Å². The van der Waals surface area contributed by atoms with E-state index in [1.807, 2.05) is 6.92 Å². The first-order chi connectivity index (χ1) is 8.98. The summed E-state index contributed by atoms with van der Waals surface area (Å²) in [6, 6.07) is 5.22. The van der Waals surface area contributed by atoms with Gasteiger partial charge in [0.2, 0.25) is 11.7 Å². The first-order valence-electron chi connectivity index (χ1n) is 6.07. The highest BCUT2D eigenvalue weighted by atomic mass is 35.5. The van der Waals surface area contributed by atoms with Crippen LogP contribution in [0.4, 0.5) is 0 Å². The lowest BCUT2D eigenvalue weighted by atomic mass is 9.97. The summed E-state index contributed by atoms with van der Waals surface area (Å²) in [5, 5.41) is 4.92. The van der Waals surface area contributed by atoms with Crippen LogP contribution in [0.15, 0.2) is 22.7 Å². The summed E-state index contributed by atoms with van der Waals surface area (Å²) < 4.78 is 5.29. The van der Waals surface area contributed by atoms with Gasteiger partial charge in [-0.2, -0.15) is 4.98 Å². The third-order valence-electron chi connectivity index (χ3n) is 3.49. The van der Waals surface area contributed by atoms with Gasteiger partial charge in [0.05, 0.1) is 15.6 Å². The summed E-state index contributed by atoms with van der Waals surface area (Å²) >= 11 is 11.9. The average molecular weight is 298 g/mol. The van der Waals surface area contributed by atoms with Crippen LogP contribution in [-0.2, 0) is 5.54 Å². The van der Waals surface area contributed by atoms with Crippen LogP contribution in [0.25, 0.3) is 11.4 Å². The highest BCUT2D eigenvalue weighted by molar-refractivity contribution is 6.42. The lowest BCUT2D eigenvalue weighted by Gasteiger charge is -2.18. The molecule has 6 heteroatoms. The fourth-order valence-corrected chi connectivity index (χ4v) is 2.35. The maximum atomic E-state index is 6.25. The molecule has 1 saturated carbocycles. The normalized spacial score (nSPS) is 18.3. The molecule has 19 heavy (non-hydrogen) atoms. The van der Waals surface area contributed by atoms with E-state index in [0.29, 0.717) is 27.7 Å². The first kappa shape index (κ1) is 12.9. The molecule has 1 heterocycles. The van der Waals surface area contributed by atoms with Gasteiger partial charge >= 0.3 is 0 Å². The Balaban J connectivity index is 1.94. The second kappa shape index (κ2) is 4.47. The number of nitrogens with zero attached hydrogens (tertiary/aromatic N) is 2. The van der Waals surface area contributed by atoms with Crippen LogP contribution in [0.5, 0.6) is 0 Å². The molecule has 0 spiro atoms. The Hall–Kier alpha value is -1.10. The van der Waals surface area contributed by atoms with Gasteiger partial charge in [-0.05, 0) is 43.9 Å². The Bertz CT molecular complexity index is 620. The van der Waals surface area contributed by atoms with E-state index in [-0.39, 0.29) is 0 Å². The lowest BCUT2D eigenvalue weighted by molar-refractivity contribution is 0.273. The Morgan fingerprint density at radius 2 is 2.05 bits per heavy atom. The van der Waals surface area contributed by atoms with Crippen molar-refractivity contribution in [3.05, 3.63) is 34.1 Å². The average Bonchev–Trinajstić information content (AvgIpc) is 3.11. The maximum Gasteiger partial charge on any atom is 0.247 e. The van der Waals surface area contributed by atoms with Crippen LogP contribution in [0.3, 0.4) is 0 Å². The van der Waals surface area contributed by atoms with E-state index in [1.54, 1.807) is 18.2 Å². The number of hydrogen-bond acceptors (Lipinski definition) is 4. The zero-order chi connectivity index (χ0) is 13.6. The van der Waals surface area contributed by atoms with Crippen molar-refractivity contribution < 1.29 is 4.52 Å². The van der Waals surface area contributed by atoms with Crippen LogP contribution in [0.2, 0.25) is 10.0 Å². The third-order valence-corrected chi connectivity index (χ3v) is 4.23. The molecular weight excluding hydrogens is 285 g/mol. The van der Waals surface area contributed by atoms with Crippen LogP contribution in [-0.4, -0.2) is 10.1 Å². The Morgan fingerprint density at radius 3 is 2.68 bits per heavy atom. The second-order valence-electron chi connectivity index (χ2n) is 5.11. The van der Waals surface area contributed by atoms with Gasteiger partial charge in [0.1, 0.15) is 0 Å². The molecule has 1 aromatic carbocycles. The Labute approximate surface area is 120 Å². The van der Waals surface area contributed by atoms with E-state index in [2.05, 4.69) is 10.1 Å². The first-order valence-corrected chi connectivity index (χ1v) is 6.82. The van der Waals surface area contributed by atoms with Gasteiger partial charge in [0.15, 0.2) is 0 Å². The van der Waals surface area contributed by atoms with Gasteiger partial charge in [0.25, 0.3) is 0 Å². The zero-order valence-electron chi connectivity index (χ0n) is 10.4. The minimum Gasteiger partial charge on any atom is -0.337 e. The topological polar surface area (TPSA) is 64.9 Å². The fraction of sp³-hybridized carbons (Fsp3) is 0.385. The van der Waals surface area contributed by atoms with Crippen molar-refractivity contribution in [3.8, 4) is 11.4 Å². The van der Waals surface area contributed by atoms with Gasteiger partial charge in [0, 0.05) is 5.56 Å². The van der Waals surface area contributed by atoms with Crippen LogP contribution in [0, 0.1) is 5.92 Å². The van der Waals surface area contributed by atoms with Crippen molar-refractivity contribution in [3.63, 3.8) is 0 Å². The molecule has 4 nitrogen and oxygen atoms in total. The number of halogens is 2. The maximum absolute atomic E-state index is 6.25. The largest absolute Gasteiger partial charge is 0.337 e. The van der Waals surface area contributed by atoms with Crippen molar-refractivity contribution >= 4 is 23.2 Å². The molecule has 1 aromatic heterocycles. The number of aromatic nitrogens is 2. The molecule has 0 amide bonds. The molecule has 1 fully saturated rings.